The van der Waals surface area contributed by atoms with E-state index in [1.165, 1.54) is 61.4 Å². The van der Waals surface area contributed by atoms with E-state index < -0.39 is 0 Å². The number of rotatable bonds is 3. The largest absolute Gasteiger partial charge is 0.456 e. The molecule has 0 saturated heterocycles. The third-order valence-electron chi connectivity index (χ3n) is 10.1. The van der Waals surface area contributed by atoms with Crippen molar-refractivity contribution in [3.8, 4) is 11.1 Å². The number of allylic oxidation sites excluding steroid dienone is 6. The van der Waals surface area contributed by atoms with Crippen molar-refractivity contribution in [1.82, 2.24) is 0 Å². The Morgan fingerprint density at radius 3 is 2.40 bits per heavy atom. The van der Waals surface area contributed by atoms with Crippen LogP contribution in [0.4, 0.5) is 0 Å². The fourth-order valence-corrected chi connectivity index (χ4v) is 8.08. The minimum atomic E-state index is 0.353. The maximum atomic E-state index is 6.44. The van der Waals surface area contributed by atoms with E-state index >= 15 is 0 Å². The molecule has 0 N–H and O–H groups in total. The van der Waals surface area contributed by atoms with E-state index in [0.717, 1.165) is 49.7 Å². The van der Waals surface area contributed by atoms with E-state index in [9.17, 15) is 0 Å². The number of hydrogen-bond donors (Lipinski definition) is 0. The van der Waals surface area contributed by atoms with Gasteiger partial charge in [-0.3, -0.25) is 0 Å². The van der Waals surface area contributed by atoms with Crippen LogP contribution < -0.4 is 0 Å². The fourth-order valence-electron chi connectivity index (χ4n) is 8.08. The van der Waals surface area contributed by atoms with E-state index in [1.807, 2.05) is 0 Å². The van der Waals surface area contributed by atoms with Gasteiger partial charge in [0.15, 0.2) is 0 Å². The van der Waals surface area contributed by atoms with Gasteiger partial charge in [-0.2, -0.15) is 0 Å². The standard InChI is InChI=1S/C42H34O/c1-2-15-32-27(10-1)22-23-36-34-16-3-4-17-35(34)39(26-40(32)36)31-14-8-12-29(25-31)28-11-7-13-30(24-28)33-19-9-20-38-37-18-5-6-21-41(37)43-42(33)38/h1,3-6,8-10,12,14,16-21,24-26,30H,2,7,11,13,15,22-23H2. The highest BCUT2D eigenvalue weighted by Crippen LogP contribution is 2.45. The van der Waals surface area contributed by atoms with E-state index in [1.54, 1.807) is 16.7 Å². The highest BCUT2D eigenvalue weighted by molar-refractivity contribution is 6.06. The van der Waals surface area contributed by atoms with Crippen molar-refractivity contribution in [1.29, 1.82) is 0 Å². The molecule has 3 aliphatic carbocycles. The second-order valence-electron chi connectivity index (χ2n) is 12.5. The molecule has 6 aromatic rings. The molecule has 0 fully saturated rings. The first-order chi connectivity index (χ1) is 21.3. The van der Waals surface area contributed by atoms with Gasteiger partial charge in [0.05, 0.1) is 0 Å². The molecular weight excluding hydrogens is 520 g/mol. The lowest BCUT2D eigenvalue weighted by Gasteiger charge is -2.27. The average Bonchev–Trinajstić information content (AvgIpc) is 3.47. The van der Waals surface area contributed by atoms with Gasteiger partial charge in [0, 0.05) is 22.3 Å². The molecule has 0 spiro atoms. The summed E-state index contributed by atoms with van der Waals surface area (Å²) in [4.78, 5) is 0. The number of furan rings is 1. The number of para-hydroxylation sites is 2. The fraction of sp³-hybridized carbons (Fsp3) is 0.190. The van der Waals surface area contributed by atoms with Gasteiger partial charge in [-0.15, -0.1) is 0 Å². The van der Waals surface area contributed by atoms with Crippen molar-refractivity contribution >= 4 is 43.9 Å². The number of benzene rings is 5. The van der Waals surface area contributed by atoms with Gasteiger partial charge in [-0.25, -0.2) is 0 Å². The zero-order chi connectivity index (χ0) is 28.3. The summed E-state index contributed by atoms with van der Waals surface area (Å²) in [6.45, 7) is 0. The van der Waals surface area contributed by atoms with Crippen LogP contribution in [0.15, 0.2) is 125 Å². The molecule has 43 heavy (non-hydrogen) atoms. The first kappa shape index (κ1) is 24.9. The van der Waals surface area contributed by atoms with Gasteiger partial charge in [-0.1, -0.05) is 97.1 Å². The molecule has 1 aromatic heterocycles. The number of hydrogen-bond acceptors (Lipinski definition) is 1. The second-order valence-corrected chi connectivity index (χ2v) is 12.5. The molecule has 0 saturated carbocycles. The smallest absolute Gasteiger partial charge is 0.139 e. The summed E-state index contributed by atoms with van der Waals surface area (Å²) in [7, 11) is 0. The van der Waals surface area contributed by atoms with Crippen molar-refractivity contribution in [2.24, 2.45) is 0 Å². The van der Waals surface area contributed by atoms with Crippen LogP contribution in [0, 0.1) is 0 Å². The SMILES string of the molecule is C1=CC2=C(CC1)c1cc(-c3cccc(C4=CC(c5cccc6c5oc5ccccc56)CCC4)c3)c3ccccc3c1CC2. The predicted octanol–water partition coefficient (Wildman–Crippen LogP) is 11.8. The molecule has 9 rings (SSSR count). The van der Waals surface area contributed by atoms with Crippen molar-refractivity contribution in [3.05, 3.63) is 143 Å². The molecule has 0 bridgehead atoms. The summed E-state index contributed by atoms with van der Waals surface area (Å²) in [5.41, 5.74) is 15.0. The molecule has 0 radical (unpaired) electrons. The van der Waals surface area contributed by atoms with Crippen LogP contribution in [0.5, 0.6) is 0 Å². The van der Waals surface area contributed by atoms with Crippen molar-refractivity contribution in [2.45, 2.75) is 50.9 Å². The zero-order valence-corrected chi connectivity index (χ0v) is 24.4. The molecule has 1 heteroatoms. The minimum absolute atomic E-state index is 0.353. The van der Waals surface area contributed by atoms with E-state index in [4.69, 9.17) is 4.42 Å². The monoisotopic (exact) mass is 554 g/mol. The van der Waals surface area contributed by atoms with Gasteiger partial charge < -0.3 is 4.42 Å². The molecule has 3 aliphatic rings. The molecule has 1 atom stereocenters. The van der Waals surface area contributed by atoms with Crippen molar-refractivity contribution < 1.29 is 4.42 Å². The van der Waals surface area contributed by atoms with Gasteiger partial charge >= 0.3 is 0 Å². The molecular formula is C42H34O. The van der Waals surface area contributed by atoms with Crippen molar-refractivity contribution in [2.75, 3.05) is 0 Å². The molecule has 208 valence electrons. The van der Waals surface area contributed by atoms with Crippen LogP contribution in [0.25, 0.3) is 55.0 Å². The molecule has 0 amide bonds. The van der Waals surface area contributed by atoms with Crippen LogP contribution in [0.2, 0.25) is 0 Å². The van der Waals surface area contributed by atoms with Gasteiger partial charge in [0.2, 0.25) is 0 Å². The average molecular weight is 555 g/mol. The second kappa shape index (κ2) is 9.99. The summed E-state index contributed by atoms with van der Waals surface area (Å²) in [6, 6.07) is 36.0. The van der Waals surface area contributed by atoms with E-state index in [0.29, 0.717) is 5.92 Å². The van der Waals surface area contributed by atoms with Crippen LogP contribution >= 0.6 is 0 Å². The van der Waals surface area contributed by atoms with Crippen molar-refractivity contribution in [3.63, 3.8) is 0 Å². The Kier molecular flexibility index (Phi) is 5.79. The highest BCUT2D eigenvalue weighted by Gasteiger charge is 2.24. The summed E-state index contributed by atoms with van der Waals surface area (Å²) in [5.74, 6) is 0.353. The Labute approximate surface area is 252 Å². The van der Waals surface area contributed by atoms with Crippen LogP contribution in [-0.4, -0.2) is 0 Å². The van der Waals surface area contributed by atoms with Gasteiger partial charge in [0.1, 0.15) is 11.2 Å². The molecule has 1 nitrogen and oxygen atoms in total. The first-order valence-corrected chi connectivity index (χ1v) is 16.0. The highest BCUT2D eigenvalue weighted by atomic mass is 16.3. The Morgan fingerprint density at radius 1 is 0.628 bits per heavy atom. The summed E-state index contributed by atoms with van der Waals surface area (Å²) < 4.78 is 6.44. The molecule has 1 heterocycles. The maximum absolute atomic E-state index is 6.44. The van der Waals surface area contributed by atoms with Crippen LogP contribution in [-0.2, 0) is 6.42 Å². The number of fused-ring (bicyclic) bond motifs is 7. The summed E-state index contributed by atoms with van der Waals surface area (Å²) >= 11 is 0. The zero-order valence-electron chi connectivity index (χ0n) is 24.4. The van der Waals surface area contributed by atoms with Crippen LogP contribution in [0.1, 0.15) is 66.7 Å². The predicted molar refractivity (Wildman–Crippen MR) is 181 cm³/mol. The lowest BCUT2D eigenvalue weighted by molar-refractivity contribution is 0.631. The Morgan fingerprint density at radius 2 is 1.44 bits per heavy atom. The Hall–Kier alpha value is -4.62. The topological polar surface area (TPSA) is 13.1 Å². The van der Waals surface area contributed by atoms with E-state index in [-0.39, 0.29) is 0 Å². The lowest BCUT2D eigenvalue weighted by atomic mass is 9.77. The van der Waals surface area contributed by atoms with Gasteiger partial charge in [-0.05, 0) is 118 Å². The third kappa shape index (κ3) is 4.06. The third-order valence-corrected chi connectivity index (χ3v) is 10.1. The van der Waals surface area contributed by atoms with E-state index in [2.05, 4.69) is 115 Å². The quantitative estimate of drug-likeness (QED) is 0.212. The minimum Gasteiger partial charge on any atom is -0.456 e. The normalized spacial score (nSPS) is 18.2. The van der Waals surface area contributed by atoms with Crippen LogP contribution in [0.3, 0.4) is 0 Å². The Bertz CT molecular complexity index is 2160. The van der Waals surface area contributed by atoms with Gasteiger partial charge in [0.25, 0.3) is 0 Å². The molecule has 0 aliphatic heterocycles. The maximum Gasteiger partial charge on any atom is 0.139 e. The number of aryl methyl sites for hydroxylation is 1. The Balaban J connectivity index is 1.15. The molecule has 1 unspecified atom stereocenters. The molecule has 5 aromatic carbocycles. The summed E-state index contributed by atoms with van der Waals surface area (Å²) in [6.07, 6.45) is 15.3. The first-order valence-electron chi connectivity index (χ1n) is 16.0. The summed E-state index contributed by atoms with van der Waals surface area (Å²) in [5, 5.41) is 5.23. The lowest BCUT2D eigenvalue weighted by Crippen LogP contribution is -2.08.